The number of nitrogens with one attached hydrogen (secondary N) is 1. The summed E-state index contributed by atoms with van der Waals surface area (Å²) in [5, 5.41) is 12.4. The maximum absolute atomic E-state index is 12.7. The molecule has 1 N–H and O–H groups in total. The van der Waals surface area contributed by atoms with Gasteiger partial charge in [-0.2, -0.15) is 0 Å². The van der Waals surface area contributed by atoms with Crippen molar-refractivity contribution < 1.29 is 23.2 Å². The summed E-state index contributed by atoms with van der Waals surface area (Å²) in [7, 11) is 1.36. The number of aromatic nitrogens is 3. The van der Waals surface area contributed by atoms with Crippen LogP contribution in [0.3, 0.4) is 0 Å². The number of furan rings is 2. The molecular weight excluding hydrogens is 488 g/mol. The topological polar surface area (TPSA) is 120 Å². The number of anilines is 1. The molecule has 0 aliphatic heterocycles. The van der Waals surface area contributed by atoms with E-state index >= 15 is 0 Å². The van der Waals surface area contributed by atoms with E-state index in [9.17, 15) is 9.59 Å². The highest BCUT2D eigenvalue weighted by molar-refractivity contribution is 7.99. The molecule has 0 aromatic carbocycles. The predicted molar refractivity (Wildman–Crippen MR) is 132 cm³/mol. The molecule has 0 atom stereocenters. The van der Waals surface area contributed by atoms with E-state index in [0.29, 0.717) is 44.4 Å². The van der Waals surface area contributed by atoms with E-state index in [-0.39, 0.29) is 12.3 Å². The Morgan fingerprint density at radius 1 is 1.09 bits per heavy atom. The number of ether oxygens (including phenoxy) is 1. The summed E-state index contributed by atoms with van der Waals surface area (Å²) in [4.78, 5) is 30.8. The molecule has 4 heterocycles. The Labute approximate surface area is 209 Å². The van der Waals surface area contributed by atoms with E-state index in [1.165, 1.54) is 30.2 Å². The molecule has 180 valence electrons. The number of carbonyl (C=O) groups excluding carboxylic acids is 2. The van der Waals surface area contributed by atoms with Crippen LogP contribution >= 0.6 is 23.1 Å². The molecule has 0 fully saturated rings. The van der Waals surface area contributed by atoms with E-state index in [1.807, 2.05) is 0 Å². The molecule has 5 rings (SSSR count). The van der Waals surface area contributed by atoms with Crippen LogP contribution in [0.1, 0.15) is 40.1 Å². The number of methoxy groups -OCH3 is 1. The Morgan fingerprint density at radius 3 is 2.54 bits per heavy atom. The van der Waals surface area contributed by atoms with E-state index in [1.54, 1.807) is 36.8 Å². The Hall–Kier alpha value is -3.44. The molecule has 1 aliphatic rings. The molecule has 35 heavy (non-hydrogen) atoms. The second-order valence-corrected chi connectivity index (χ2v) is 9.97. The molecule has 0 radical (unpaired) electrons. The van der Waals surface area contributed by atoms with Crippen molar-refractivity contribution in [2.24, 2.45) is 0 Å². The average Bonchev–Trinajstić information content (AvgIpc) is 3.64. The SMILES string of the molecule is COC(=O)c1c(NC(=O)CCSc2nnc(-c3ccco3)c(-c3ccco3)n2)sc2c1CCCC2. The lowest BCUT2D eigenvalue weighted by Crippen LogP contribution is -2.15. The van der Waals surface area contributed by atoms with Crippen LogP contribution in [-0.2, 0) is 22.4 Å². The summed E-state index contributed by atoms with van der Waals surface area (Å²) in [6.07, 6.45) is 7.21. The first-order chi connectivity index (χ1) is 17.1. The van der Waals surface area contributed by atoms with Gasteiger partial charge in [-0.25, -0.2) is 9.78 Å². The van der Waals surface area contributed by atoms with Gasteiger partial charge in [0, 0.05) is 17.1 Å². The number of carbonyl (C=O) groups is 2. The fourth-order valence-electron chi connectivity index (χ4n) is 3.93. The maximum atomic E-state index is 12.7. The second kappa shape index (κ2) is 10.4. The zero-order chi connectivity index (χ0) is 24.2. The number of thioether (sulfide) groups is 1. The van der Waals surface area contributed by atoms with Crippen LogP contribution < -0.4 is 5.32 Å². The lowest BCUT2D eigenvalue weighted by atomic mass is 9.95. The number of hydrogen-bond donors (Lipinski definition) is 1. The minimum absolute atomic E-state index is 0.187. The van der Waals surface area contributed by atoms with Gasteiger partial charge in [0.15, 0.2) is 17.2 Å². The van der Waals surface area contributed by atoms with Crippen LogP contribution in [-0.4, -0.2) is 39.9 Å². The first kappa shape index (κ1) is 23.3. The Kier molecular flexibility index (Phi) is 6.96. The third-order valence-corrected chi connectivity index (χ3v) is 7.60. The van der Waals surface area contributed by atoms with Crippen molar-refractivity contribution in [2.45, 2.75) is 37.3 Å². The standard InChI is InChI=1S/C24H22N4O5S2/c1-31-23(30)19-14-6-2-3-9-17(14)35-22(19)25-18(29)10-13-34-24-26-20(15-7-4-11-32-15)21(27-28-24)16-8-5-12-33-16/h4-5,7-8,11-12H,2-3,6,9-10,13H2,1H3,(H,25,29). The minimum atomic E-state index is -0.407. The Morgan fingerprint density at radius 2 is 1.83 bits per heavy atom. The molecule has 0 bridgehead atoms. The first-order valence-electron chi connectivity index (χ1n) is 11.1. The average molecular weight is 511 g/mol. The van der Waals surface area contributed by atoms with E-state index in [4.69, 9.17) is 13.6 Å². The highest BCUT2D eigenvalue weighted by Crippen LogP contribution is 2.38. The van der Waals surface area contributed by atoms with Crippen LogP contribution in [0, 0.1) is 0 Å². The normalized spacial score (nSPS) is 12.8. The van der Waals surface area contributed by atoms with Gasteiger partial charge in [-0.15, -0.1) is 21.5 Å². The molecule has 1 aliphatic carbocycles. The number of aryl methyl sites for hydroxylation is 1. The van der Waals surface area contributed by atoms with Crippen molar-refractivity contribution in [1.29, 1.82) is 0 Å². The Balaban J connectivity index is 1.26. The van der Waals surface area contributed by atoms with Gasteiger partial charge in [0.05, 0.1) is 25.2 Å². The lowest BCUT2D eigenvalue weighted by Gasteiger charge is -2.11. The number of hydrogen-bond acceptors (Lipinski definition) is 10. The summed E-state index contributed by atoms with van der Waals surface area (Å²) >= 11 is 2.78. The first-order valence-corrected chi connectivity index (χ1v) is 12.9. The lowest BCUT2D eigenvalue weighted by molar-refractivity contribution is -0.115. The molecule has 0 saturated carbocycles. The summed E-state index contributed by atoms with van der Waals surface area (Å²) in [5.41, 5.74) is 2.50. The number of rotatable bonds is 8. The largest absolute Gasteiger partial charge is 0.465 e. The fourth-order valence-corrected chi connectivity index (χ4v) is 5.95. The predicted octanol–water partition coefficient (Wildman–Crippen LogP) is 5.24. The van der Waals surface area contributed by atoms with Crippen molar-refractivity contribution in [2.75, 3.05) is 18.2 Å². The van der Waals surface area contributed by atoms with Gasteiger partial charge >= 0.3 is 5.97 Å². The van der Waals surface area contributed by atoms with Crippen molar-refractivity contribution in [1.82, 2.24) is 15.2 Å². The van der Waals surface area contributed by atoms with Gasteiger partial charge in [0.25, 0.3) is 0 Å². The molecule has 11 heteroatoms. The molecule has 1 amide bonds. The summed E-state index contributed by atoms with van der Waals surface area (Å²) in [5.74, 6) is 0.919. The molecule has 4 aromatic heterocycles. The molecule has 9 nitrogen and oxygen atoms in total. The van der Waals surface area contributed by atoms with Crippen LogP contribution in [0.5, 0.6) is 0 Å². The van der Waals surface area contributed by atoms with Gasteiger partial charge in [-0.05, 0) is 55.5 Å². The number of fused-ring (bicyclic) bond motifs is 1. The van der Waals surface area contributed by atoms with Gasteiger partial charge in [0.2, 0.25) is 11.1 Å². The monoisotopic (exact) mass is 510 g/mol. The smallest absolute Gasteiger partial charge is 0.341 e. The molecule has 0 unspecified atom stereocenters. The van der Waals surface area contributed by atoms with Gasteiger partial charge in [0.1, 0.15) is 10.7 Å². The van der Waals surface area contributed by atoms with Crippen LogP contribution in [0.25, 0.3) is 22.9 Å². The van der Waals surface area contributed by atoms with Crippen LogP contribution in [0.4, 0.5) is 5.00 Å². The molecule has 4 aromatic rings. The highest BCUT2D eigenvalue weighted by atomic mass is 32.2. The third kappa shape index (κ3) is 5.01. The summed E-state index contributed by atoms with van der Waals surface area (Å²) < 4.78 is 15.9. The number of thiophene rings is 1. The zero-order valence-corrected chi connectivity index (χ0v) is 20.5. The van der Waals surface area contributed by atoms with Crippen LogP contribution in [0.2, 0.25) is 0 Å². The molecule has 0 saturated heterocycles. The fraction of sp³-hybridized carbons (Fsp3) is 0.292. The van der Waals surface area contributed by atoms with E-state index < -0.39 is 5.97 Å². The van der Waals surface area contributed by atoms with Gasteiger partial charge in [-0.3, -0.25) is 4.79 Å². The van der Waals surface area contributed by atoms with Crippen LogP contribution in [0.15, 0.2) is 50.8 Å². The van der Waals surface area contributed by atoms with Crippen molar-refractivity contribution in [3.05, 3.63) is 52.8 Å². The van der Waals surface area contributed by atoms with Gasteiger partial charge in [-0.1, -0.05) is 11.8 Å². The van der Waals surface area contributed by atoms with Crippen molar-refractivity contribution in [3.8, 4) is 22.9 Å². The molecule has 0 spiro atoms. The third-order valence-electron chi connectivity index (χ3n) is 5.55. The van der Waals surface area contributed by atoms with Gasteiger partial charge < -0.3 is 18.9 Å². The zero-order valence-electron chi connectivity index (χ0n) is 18.9. The minimum Gasteiger partial charge on any atom is -0.465 e. The number of esters is 1. The highest BCUT2D eigenvalue weighted by Gasteiger charge is 2.27. The van der Waals surface area contributed by atoms with Crippen molar-refractivity contribution >= 4 is 40.0 Å². The number of amides is 1. The second-order valence-electron chi connectivity index (χ2n) is 7.80. The van der Waals surface area contributed by atoms with E-state index in [2.05, 4.69) is 20.5 Å². The molecular formula is C24H22N4O5S2. The number of nitrogens with zero attached hydrogens (tertiary/aromatic N) is 3. The maximum Gasteiger partial charge on any atom is 0.341 e. The summed E-state index contributed by atoms with van der Waals surface area (Å²) in [6.45, 7) is 0. The summed E-state index contributed by atoms with van der Waals surface area (Å²) in [6, 6.07) is 7.10. The van der Waals surface area contributed by atoms with E-state index in [0.717, 1.165) is 36.1 Å². The quantitative estimate of drug-likeness (QED) is 0.251. The Bertz CT molecular complexity index is 1330. The van der Waals surface area contributed by atoms with Crippen molar-refractivity contribution in [3.63, 3.8) is 0 Å².